The van der Waals surface area contributed by atoms with Crippen LogP contribution < -0.4 is 10.6 Å². The maximum absolute atomic E-state index is 11.3. The molecule has 0 aliphatic heterocycles. The van der Waals surface area contributed by atoms with E-state index in [-0.39, 0.29) is 18.3 Å². The fraction of sp³-hybridized carbons (Fsp3) is 0.417. The van der Waals surface area contributed by atoms with Crippen molar-refractivity contribution in [2.24, 2.45) is 0 Å². The monoisotopic (exact) mass is 242 g/mol. The van der Waals surface area contributed by atoms with E-state index in [9.17, 15) is 4.79 Å². The largest absolute Gasteiger partial charge is 0.352 e. The Morgan fingerprint density at radius 2 is 1.88 bits per heavy atom. The van der Waals surface area contributed by atoms with Gasteiger partial charge in [0, 0.05) is 19.5 Å². The lowest BCUT2D eigenvalue weighted by molar-refractivity contribution is -0.121. The number of hydrogen-bond acceptors (Lipinski definition) is 2. The minimum atomic E-state index is 0. The molecule has 90 valence electrons. The highest BCUT2D eigenvalue weighted by atomic mass is 35.5. The fourth-order valence-electron chi connectivity index (χ4n) is 1.23. The first-order valence-corrected chi connectivity index (χ1v) is 5.19. The molecule has 1 aromatic rings. The molecule has 0 aromatic heterocycles. The quantitative estimate of drug-likeness (QED) is 0.824. The summed E-state index contributed by atoms with van der Waals surface area (Å²) in [6.07, 6.45) is 0.530. The zero-order valence-electron chi connectivity index (χ0n) is 9.75. The van der Waals surface area contributed by atoms with Crippen molar-refractivity contribution in [2.45, 2.75) is 19.9 Å². The summed E-state index contributed by atoms with van der Waals surface area (Å²) in [5.41, 5.74) is 2.37. The van der Waals surface area contributed by atoms with Crippen LogP contribution in [0.4, 0.5) is 0 Å². The Labute approximate surface area is 103 Å². The van der Waals surface area contributed by atoms with Gasteiger partial charge in [0.15, 0.2) is 0 Å². The zero-order chi connectivity index (χ0) is 11.1. The van der Waals surface area contributed by atoms with Crippen LogP contribution in [-0.4, -0.2) is 19.5 Å². The van der Waals surface area contributed by atoms with Crippen LogP contribution in [0.1, 0.15) is 17.5 Å². The van der Waals surface area contributed by atoms with Gasteiger partial charge >= 0.3 is 0 Å². The van der Waals surface area contributed by atoms with Crippen LogP contribution in [0.5, 0.6) is 0 Å². The molecule has 2 N–H and O–H groups in total. The van der Waals surface area contributed by atoms with Crippen molar-refractivity contribution < 1.29 is 4.79 Å². The molecule has 0 spiro atoms. The number of benzene rings is 1. The Morgan fingerprint density at radius 3 is 2.44 bits per heavy atom. The number of hydrogen-bond donors (Lipinski definition) is 2. The Bertz CT molecular complexity index is 311. The smallest absolute Gasteiger partial charge is 0.221 e. The van der Waals surface area contributed by atoms with Gasteiger partial charge in [-0.1, -0.05) is 29.8 Å². The fourth-order valence-corrected chi connectivity index (χ4v) is 1.23. The van der Waals surface area contributed by atoms with Crippen LogP contribution in [0.15, 0.2) is 24.3 Å². The summed E-state index contributed by atoms with van der Waals surface area (Å²) in [6.45, 7) is 3.39. The molecule has 0 saturated carbocycles. The molecule has 1 rings (SSSR count). The summed E-state index contributed by atoms with van der Waals surface area (Å²) in [6, 6.07) is 8.17. The zero-order valence-corrected chi connectivity index (χ0v) is 10.6. The standard InChI is InChI=1S/C12H18N2O.ClH/c1-10-3-5-11(6-4-10)9-14-12(15)7-8-13-2;/h3-6,13H,7-9H2,1-2H3,(H,14,15);1H. The van der Waals surface area contributed by atoms with Gasteiger partial charge in [-0.2, -0.15) is 0 Å². The van der Waals surface area contributed by atoms with E-state index in [2.05, 4.69) is 29.7 Å². The molecule has 3 nitrogen and oxygen atoms in total. The molecule has 0 bridgehead atoms. The van der Waals surface area contributed by atoms with Crippen molar-refractivity contribution in [1.82, 2.24) is 10.6 Å². The molecule has 0 aliphatic rings. The Balaban J connectivity index is 0.00000225. The molecule has 1 amide bonds. The third kappa shape index (κ3) is 5.73. The number of carbonyl (C=O) groups is 1. The van der Waals surface area contributed by atoms with Gasteiger partial charge in [-0.15, -0.1) is 12.4 Å². The van der Waals surface area contributed by atoms with E-state index in [0.717, 1.165) is 12.1 Å². The summed E-state index contributed by atoms with van der Waals surface area (Å²) in [7, 11) is 1.84. The number of nitrogens with one attached hydrogen (secondary N) is 2. The van der Waals surface area contributed by atoms with Gasteiger partial charge in [-0.05, 0) is 19.5 Å². The summed E-state index contributed by atoms with van der Waals surface area (Å²) in [5, 5.41) is 5.82. The summed E-state index contributed by atoms with van der Waals surface area (Å²) >= 11 is 0. The van der Waals surface area contributed by atoms with Crippen LogP contribution in [0.25, 0.3) is 0 Å². The van der Waals surface area contributed by atoms with Gasteiger partial charge < -0.3 is 10.6 Å². The van der Waals surface area contributed by atoms with Gasteiger partial charge in [0.2, 0.25) is 5.91 Å². The second-order valence-corrected chi connectivity index (χ2v) is 3.62. The highest BCUT2D eigenvalue weighted by Gasteiger charge is 1.99. The molecule has 0 aliphatic carbocycles. The van der Waals surface area contributed by atoms with Gasteiger partial charge in [0.05, 0.1) is 0 Å². The first-order chi connectivity index (χ1) is 7.22. The molecule has 16 heavy (non-hydrogen) atoms. The van der Waals surface area contributed by atoms with E-state index in [1.165, 1.54) is 5.56 Å². The minimum Gasteiger partial charge on any atom is -0.352 e. The molecule has 0 unspecified atom stereocenters. The molecular weight excluding hydrogens is 224 g/mol. The van der Waals surface area contributed by atoms with E-state index in [4.69, 9.17) is 0 Å². The second kappa shape index (κ2) is 8.13. The molecule has 4 heteroatoms. The third-order valence-corrected chi connectivity index (χ3v) is 2.21. The molecule has 0 radical (unpaired) electrons. The molecular formula is C12H19ClN2O. The summed E-state index contributed by atoms with van der Waals surface area (Å²) in [4.78, 5) is 11.3. The van der Waals surface area contributed by atoms with E-state index in [0.29, 0.717) is 13.0 Å². The summed E-state index contributed by atoms with van der Waals surface area (Å²) < 4.78 is 0. The lowest BCUT2D eigenvalue weighted by Crippen LogP contribution is -2.26. The number of halogens is 1. The van der Waals surface area contributed by atoms with Crippen molar-refractivity contribution >= 4 is 18.3 Å². The van der Waals surface area contributed by atoms with E-state index < -0.39 is 0 Å². The second-order valence-electron chi connectivity index (χ2n) is 3.62. The van der Waals surface area contributed by atoms with Crippen LogP contribution >= 0.6 is 12.4 Å². The third-order valence-electron chi connectivity index (χ3n) is 2.21. The molecule has 0 fully saturated rings. The highest BCUT2D eigenvalue weighted by molar-refractivity contribution is 5.85. The summed E-state index contributed by atoms with van der Waals surface area (Å²) in [5.74, 6) is 0.0879. The SMILES string of the molecule is CNCCC(=O)NCc1ccc(C)cc1.Cl. The van der Waals surface area contributed by atoms with Crippen LogP contribution in [0.2, 0.25) is 0 Å². The number of aryl methyl sites for hydroxylation is 1. The predicted octanol–water partition coefficient (Wildman–Crippen LogP) is 1.64. The molecule has 0 heterocycles. The topological polar surface area (TPSA) is 41.1 Å². The predicted molar refractivity (Wildman–Crippen MR) is 68.8 cm³/mol. The lowest BCUT2D eigenvalue weighted by atomic mass is 10.1. The maximum atomic E-state index is 11.3. The van der Waals surface area contributed by atoms with Crippen LogP contribution in [-0.2, 0) is 11.3 Å². The average molecular weight is 243 g/mol. The first kappa shape index (κ1) is 14.9. The molecule has 0 saturated heterocycles. The minimum absolute atomic E-state index is 0. The molecule has 0 atom stereocenters. The van der Waals surface area contributed by atoms with Crippen molar-refractivity contribution in [3.63, 3.8) is 0 Å². The van der Waals surface area contributed by atoms with E-state index in [1.54, 1.807) is 0 Å². The van der Waals surface area contributed by atoms with Gasteiger partial charge in [0.25, 0.3) is 0 Å². The van der Waals surface area contributed by atoms with Gasteiger partial charge in [-0.3, -0.25) is 4.79 Å². The van der Waals surface area contributed by atoms with Crippen molar-refractivity contribution in [3.8, 4) is 0 Å². The highest BCUT2D eigenvalue weighted by Crippen LogP contribution is 2.02. The van der Waals surface area contributed by atoms with Crippen molar-refractivity contribution in [2.75, 3.05) is 13.6 Å². The Kier molecular flexibility index (Phi) is 7.60. The molecule has 1 aromatic carbocycles. The Morgan fingerprint density at radius 1 is 1.25 bits per heavy atom. The number of amides is 1. The lowest BCUT2D eigenvalue weighted by Gasteiger charge is -2.05. The van der Waals surface area contributed by atoms with Crippen molar-refractivity contribution in [1.29, 1.82) is 0 Å². The number of carbonyl (C=O) groups excluding carboxylic acids is 1. The average Bonchev–Trinajstić information content (AvgIpc) is 2.25. The van der Waals surface area contributed by atoms with E-state index in [1.807, 2.05) is 19.2 Å². The van der Waals surface area contributed by atoms with Crippen molar-refractivity contribution in [3.05, 3.63) is 35.4 Å². The first-order valence-electron chi connectivity index (χ1n) is 5.19. The normalized spacial score (nSPS) is 9.38. The van der Waals surface area contributed by atoms with E-state index >= 15 is 0 Å². The van der Waals surface area contributed by atoms with Gasteiger partial charge in [0.1, 0.15) is 0 Å². The van der Waals surface area contributed by atoms with Gasteiger partial charge in [-0.25, -0.2) is 0 Å². The van der Waals surface area contributed by atoms with Crippen LogP contribution in [0, 0.1) is 6.92 Å². The maximum Gasteiger partial charge on any atom is 0.221 e. The number of rotatable bonds is 5. The Hall–Kier alpha value is -1.06. The van der Waals surface area contributed by atoms with Crippen LogP contribution in [0.3, 0.4) is 0 Å².